The summed E-state index contributed by atoms with van der Waals surface area (Å²) in [5.41, 5.74) is 7.89. The van der Waals surface area contributed by atoms with Gasteiger partial charge in [0.2, 0.25) is 0 Å². The second-order valence-electron chi connectivity index (χ2n) is 4.88. The van der Waals surface area contributed by atoms with Crippen molar-refractivity contribution >= 4 is 12.2 Å². The summed E-state index contributed by atoms with van der Waals surface area (Å²) in [7, 11) is 0. The molecule has 0 amide bonds. The third-order valence-corrected chi connectivity index (χ3v) is 2.06. The Morgan fingerprint density at radius 2 is 2.11 bits per heavy atom. The minimum Gasteiger partial charge on any atom is -0.462 e. The number of carbonyl (C=O) groups excluding carboxylic acids is 1. The molecule has 2 aromatic rings. The Bertz CT molecular complexity index is 502. The summed E-state index contributed by atoms with van der Waals surface area (Å²) in [6, 6.07) is 7.50. The Kier molecular flexibility index (Phi) is 5.11. The lowest BCUT2D eigenvalue weighted by Gasteiger charge is -2.14. The molecule has 0 radical (unpaired) electrons. The first-order valence-corrected chi connectivity index (χ1v) is 5.89. The summed E-state index contributed by atoms with van der Waals surface area (Å²) in [4.78, 5) is 16.8. The molecule has 102 valence electrons. The Labute approximate surface area is 112 Å². The highest BCUT2D eigenvalue weighted by Crippen LogP contribution is 2.15. The molecule has 0 aliphatic rings. The van der Waals surface area contributed by atoms with E-state index in [1.165, 1.54) is 0 Å². The lowest BCUT2D eigenvalue weighted by Crippen LogP contribution is -2.17. The van der Waals surface area contributed by atoms with Gasteiger partial charge in [0.25, 0.3) is 6.47 Å². The molecule has 0 saturated heterocycles. The van der Waals surface area contributed by atoms with Gasteiger partial charge in [0.15, 0.2) is 0 Å². The van der Waals surface area contributed by atoms with Gasteiger partial charge in [-0.15, -0.1) is 0 Å². The smallest absolute Gasteiger partial charge is 0.293 e. The van der Waals surface area contributed by atoms with Crippen LogP contribution in [0.3, 0.4) is 0 Å². The molecule has 0 fully saturated rings. The van der Waals surface area contributed by atoms with Crippen LogP contribution in [0.2, 0.25) is 0 Å². The van der Waals surface area contributed by atoms with Crippen molar-refractivity contribution in [2.75, 3.05) is 5.73 Å². The van der Waals surface area contributed by atoms with Crippen molar-refractivity contribution in [1.29, 1.82) is 0 Å². The number of rotatable bonds is 2. The van der Waals surface area contributed by atoms with E-state index in [1.54, 1.807) is 12.3 Å². The van der Waals surface area contributed by atoms with Gasteiger partial charge in [-0.05, 0) is 45.0 Å². The largest absolute Gasteiger partial charge is 0.462 e. The molecule has 2 heterocycles. The number of aromatic nitrogens is 2. The van der Waals surface area contributed by atoms with Gasteiger partial charge in [-0.1, -0.05) is 0 Å². The maximum Gasteiger partial charge on any atom is 0.293 e. The summed E-state index contributed by atoms with van der Waals surface area (Å²) >= 11 is 0. The number of carbonyl (C=O) groups is 1. The summed E-state index contributed by atoms with van der Waals surface area (Å²) < 4.78 is 4.55. The number of aromatic amines is 1. The molecule has 0 unspecified atom stereocenters. The van der Waals surface area contributed by atoms with Crippen LogP contribution < -0.4 is 5.73 Å². The van der Waals surface area contributed by atoms with Crippen LogP contribution in [-0.4, -0.2) is 22.0 Å². The van der Waals surface area contributed by atoms with Gasteiger partial charge < -0.3 is 15.5 Å². The number of hydrogen-bond acceptors (Lipinski definition) is 4. The third kappa shape index (κ3) is 5.72. The molecule has 3 N–H and O–H groups in total. The highest BCUT2D eigenvalue weighted by molar-refractivity contribution is 5.59. The molecule has 2 rings (SSSR count). The van der Waals surface area contributed by atoms with Gasteiger partial charge in [-0.2, -0.15) is 0 Å². The third-order valence-electron chi connectivity index (χ3n) is 2.06. The minimum absolute atomic E-state index is 0.318. The van der Waals surface area contributed by atoms with E-state index in [2.05, 4.69) is 14.7 Å². The number of nitrogens with zero attached hydrogens (tertiary/aromatic N) is 1. The van der Waals surface area contributed by atoms with Crippen LogP contribution in [0, 0.1) is 0 Å². The summed E-state index contributed by atoms with van der Waals surface area (Å²) in [6.45, 7) is 5.92. The zero-order valence-corrected chi connectivity index (χ0v) is 11.4. The van der Waals surface area contributed by atoms with E-state index in [1.807, 2.05) is 45.2 Å². The van der Waals surface area contributed by atoms with E-state index >= 15 is 0 Å². The Hall–Kier alpha value is -2.30. The molecule has 2 aromatic heterocycles. The molecule has 0 aromatic carbocycles. The van der Waals surface area contributed by atoms with E-state index < -0.39 is 0 Å². The van der Waals surface area contributed by atoms with Crippen LogP contribution in [-0.2, 0) is 9.53 Å². The highest BCUT2D eigenvalue weighted by Gasteiger charge is 2.07. The van der Waals surface area contributed by atoms with Crippen molar-refractivity contribution in [2.24, 2.45) is 0 Å². The van der Waals surface area contributed by atoms with Gasteiger partial charge in [-0.3, -0.25) is 9.78 Å². The standard InChI is InChI=1S/C9H9N3.C5H10O2/c10-7-3-5-12-9(6-7)8-2-1-4-11-8;1-5(2,3)7-4-6/h1-6,11H,(H2,10,12);4H,1-3H3. The number of nitrogens with one attached hydrogen (secondary N) is 1. The lowest BCUT2D eigenvalue weighted by atomic mass is 10.2. The van der Waals surface area contributed by atoms with Crippen LogP contribution >= 0.6 is 0 Å². The van der Waals surface area contributed by atoms with Crippen molar-refractivity contribution in [3.05, 3.63) is 36.7 Å². The van der Waals surface area contributed by atoms with Crippen LogP contribution in [0.4, 0.5) is 5.69 Å². The second-order valence-corrected chi connectivity index (χ2v) is 4.88. The molecular formula is C14H19N3O2. The number of ether oxygens (including phenoxy) is 1. The highest BCUT2D eigenvalue weighted by atomic mass is 16.5. The van der Waals surface area contributed by atoms with Gasteiger partial charge in [0.1, 0.15) is 5.60 Å². The zero-order valence-electron chi connectivity index (χ0n) is 11.4. The number of hydrogen-bond donors (Lipinski definition) is 2. The van der Waals surface area contributed by atoms with E-state index in [0.717, 1.165) is 17.1 Å². The Morgan fingerprint density at radius 1 is 1.37 bits per heavy atom. The Balaban J connectivity index is 0.000000224. The fraction of sp³-hybridized carbons (Fsp3) is 0.286. The van der Waals surface area contributed by atoms with Crippen LogP contribution in [0.1, 0.15) is 20.8 Å². The van der Waals surface area contributed by atoms with Crippen molar-refractivity contribution in [3.63, 3.8) is 0 Å². The molecule has 0 spiro atoms. The summed E-state index contributed by atoms with van der Waals surface area (Å²) in [5, 5.41) is 0. The molecule has 0 saturated carbocycles. The Morgan fingerprint density at radius 3 is 2.53 bits per heavy atom. The average Bonchev–Trinajstić information content (AvgIpc) is 2.81. The first kappa shape index (κ1) is 14.8. The maximum atomic E-state index is 9.60. The normalized spacial score (nSPS) is 10.3. The monoisotopic (exact) mass is 261 g/mol. The molecule has 0 atom stereocenters. The zero-order chi connectivity index (χ0) is 14.3. The number of nitrogens with two attached hydrogens (primary N) is 1. The van der Waals surface area contributed by atoms with E-state index in [4.69, 9.17) is 5.73 Å². The summed E-state index contributed by atoms with van der Waals surface area (Å²) in [6.07, 6.45) is 3.56. The molecule has 5 nitrogen and oxygen atoms in total. The topological polar surface area (TPSA) is 81.0 Å². The fourth-order valence-corrected chi connectivity index (χ4v) is 1.23. The first-order chi connectivity index (χ1) is 8.92. The number of anilines is 1. The maximum absolute atomic E-state index is 9.60. The van der Waals surface area contributed by atoms with Crippen molar-refractivity contribution < 1.29 is 9.53 Å². The minimum atomic E-state index is -0.318. The second kappa shape index (κ2) is 6.58. The van der Waals surface area contributed by atoms with Crippen molar-refractivity contribution in [1.82, 2.24) is 9.97 Å². The van der Waals surface area contributed by atoms with E-state index in [0.29, 0.717) is 6.47 Å². The van der Waals surface area contributed by atoms with Gasteiger partial charge in [-0.25, -0.2) is 0 Å². The molecular weight excluding hydrogens is 242 g/mol. The van der Waals surface area contributed by atoms with Crippen LogP contribution in [0.5, 0.6) is 0 Å². The number of pyridine rings is 1. The van der Waals surface area contributed by atoms with Crippen LogP contribution in [0.15, 0.2) is 36.7 Å². The van der Waals surface area contributed by atoms with E-state index in [-0.39, 0.29) is 5.60 Å². The quantitative estimate of drug-likeness (QED) is 0.814. The number of H-pyrrole nitrogens is 1. The predicted octanol–water partition coefficient (Wildman–Crippen LogP) is 2.62. The molecule has 0 bridgehead atoms. The fourth-order valence-electron chi connectivity index (χ4n) is 1.23. The molecule has 5 heteroatoms. The van der Waals surface area contributed by atoms with E-state index in [9.17, 15) is 4.79 Å². The van der Waals surface area contributed by atoms with Gasteiger partial charge in [0, 0.05) is 18.1 Å². The first-order valence-electron chi connectivity index (χ1n) is 5.89. The lowest BCUT2D eigenvalue weighted by molar-refractivity contribution is -0.138. The molecule has 0 aliphatic heterocycles. The number of nitrogen functional groups attached to an aromatic ring is 1. The van der Waals surface area contributed by atoms with Crippen LogP contribution in [0.25, 0.3) is 11.4 Å². The summed E-state index contributed by atoms with van der Waals surface area (Å²) in [5.74, 6) is 0. The van der Waals surface area contributed by atoms with Gasteiger partial charge >= 0.3 is 0 Å². The predicted molar refractivity (Wildman–Crippen MR) is 75.3 cm³/mol. The van der Waals surface area contributed by atoms with Crippen molar-refractivity contribution in [3.8, 4) is 11.4 Å². The molecule has 0 aliphatic carbocycles. The molecule has 19 heavy (non-hydrogen) atoms. The van der Waals surface area contributed by atoms with Crippen molar-refractivity contribution in [2.45, 2.75) is 26.4 Å². The average molecular weight is 261 g/mol. The SMILES string of the molecule is CC(C)(C)OC=O.Nc1ccnc(-c2ccc[nH]2)c1. The van der Waals surface area contributed by atoms with Gasteiger partial charge in [0.05, 0.1) is 11.4 Å².